The van der Waals surface area contributed by atoms with Crippen LogP contribution >= 0.6 is 0 Å². The first-order valence-corrected chi connectivity index (χ1v) is 8.82. The van der Waals surface area contributed by atoms with Crippen LogP contribution in [0.2, 0.25) is 0 Å². The van der Waals surface area contributed by atoms with Crippen molar-refractivity contribution >= 4 is 35.5 Å². The summed E-state index contributed by atoms with van der Waals surface area (Å²) < 4.78 is 0. The number of carboxylic acids is 1. The second-order valence-electron chi connectivity index (χ2n) is 6.95. The number of aliphatic carboxylic acids is 1. The zero-order chi connectivity index (χ0) is 19.6. The van der Waals surface area contributed by atoms with E-state index in [0.717, 1.165) is 10.5 Å². The largest absolute Gasteiger partial charge is 0.480 e. The van der Waals surface area contributed by atoms with Gasteiger partial charge in [-0.3, -0.25) is 24.2 Å². The first-order valence-electron chi connectivity index (χ1n) is 8.82. The van der Waals surface area contributed by atoms with Crippen LogP contribution in [0.3, 0.4) is 0 Å². The summed E-state index contributed by atoms with van der Waals surface area (Å²) in [6, 6.07) is 9.50. The summed E-state index contributed by atoms with van der Waals surface area (Å²) in [5, 5.41) is 9.65. The molecule has 2 aromatic rings. The van der Waals surface area contributed by atoms with E-state index in [1.54, 1.807) is 48.5 Å². The van der Waals surface area contributed by atoms with Crippen LogP contribution < -0.4 is 4.90 Å². The van der Waals surface area contributed by atoms with Gasteiger partial charge in [0.15, 0.2) is 0 Å². The normalized spacial score (nSPS) is 22.4. The molecular weight excluding hydrogens is 360 g/mol. The zero-order valence-corrected chi connectivity index (χ0v) is 14.5. The number of anilines is 1. The van der Waals surface area contributed by atoms with E-state index >= 15 is 0 Å². The van der Waals surface area contributed by atoms with Gasteiger partial charge in [0.2, 0.25) is 0 Å². The molecule has 28 heavy (non-hydrogen) atoms. The number of nitrogens with zero attached hydrogens (tertiary/aromatic N) is 2. The van der Waals surface area contributed by atoms with Gasteiger partial charge < -0.3 is 5.11 Å². The summed E-state index contributed by atoms with van der Waals surface area (Å²) in [7, 11) is 0. The Morgan fingerprint density at radius 3 is 2.25 bits per heavy atom. The van der Waals surface area contributed by atoms with Crippen LogP contribution in [0.15, 0.2) is 48.5 Å². The molecule has 0 radical (unpaired) electrons. The van der Waals surface area contributed by atoms with Crippen molar-refractivity contribution < 1.29 is 24.3 Å². The summed E-state index contributed by atoms with van der Waals surface area (Å²) >= 11 is 0. The third-order valence-corrected chi connectivity index (χ3v) is 5.45. The number of carbonyl (C=O) groups excluding carboxylic acids is 3. The number of carbonyl (C=O) groups is 4. The molecule has 2 atom stereocenters. The topological polar surface area (TPSA) is 95.0 Å². The molecule has 0 spiro atoms. The number of fused-ring (bicyclic) bond motifs is 1. The van der Waals surface area contributed by atoms with Gasteiger partial charge in [-0.25, -0.2) is 4.79 Å². The maximum absolute atomic E-state index is 13.4. The van der Waals surface area contributed by atoms with Crippen LogP contribution in [0.25, 0.3) is 6.08 Å². The molecule has 3 aliphatic heterocycles. The fourth-order valence-electron chi connectivity index (χ4n) is 4.20. The molecule has 7 nitrogen and oxygen atoms in total. The Morgan fingerprint density at radius 2 is 1.61 bits per heavy atom. The van der Waals surface area contributed by atoms with Gasteiger partial charge in [0, 0.05) is 6.42 Å². The molecule has 0 saturated carbocycles. The van der Waals surface area contributed by atoms with E-state index < -0.39 is 35.8 Å². The summed E-state index contributed by atoms with van der Waals surface area (Å²) in [4.78, 5) is 53.0. The molecule has 0 aromatic heterocycles. The minimum absolute atomic E-state index is 0.187. The number of hydrogen-bond acceptors (Lipinski definition) is 4. The highest BCUT2D eigenvalue weighted by Gasteiger charge is 2.48. The molecule has 0 aliphatic carbocycles. The van der Waals surface area contributed by atoms with Gasteiger partial charge in [0.05, 0.1) is 16.8 Å². The van der Waals surface area contributed by atoms with E-state index in [1.165, 1.54) is 11.0 Å². The third-order valence-electron chi connectivity index (χ3n) is 5.45. The quantitative estimate of drug-likeness (QED) is 0.808. The van der Waals surface area contributed by atoms with Gasteiger partial charge >= 0.3 is 5.97 Å². The van der Waals surface area contributed by atoms with Crippen LogP contribution in [0, 0.1) is 0 Å². The monoisotopic (exact) mass is 374 g/mol. The van der Waals surface area contributed by atoms with Crippen LogP contribution in [-0.2, 0) is 16.0 Å². The van der Waals surface area contributed by atoms with E-state index in [4.69, 9.17) is 0 Å². The van der Waals surface area contributed by atoms with E-state index in [1.807, 2.05) is 0 Å². The van der Waals surface area contributed by atoms with Crippen molar-refractivity contribution in [1.29, 1.82) is 0 Å². The molecule has 138 valence electrons. The number of para-hydroxylation sites is 1. The third kappa shape index (κ3) is 2.04. The average Bonchev–Trinajstić information content (AvgIpc) is 3.15. The van der Waals surface area contributed by atoms with Crippen LogP contribution in [0.4, 0.5) is 5.69 Å². The standard InChI is InChI=1S/C21H14N2O5/c24-18-13-6-1-2-7-14(13)19(25)23(18)15-9-8-11-4-3-5-12-10-16(21(27)28)22(17(11)12)20(15)26/h1-9,15-16H,10H2,(H,27,28)/t15-,16-/m0/s1. The number of imide groups is 1. The maximum atomic E-state index is 13.4. The lowest BCUT2D eigenvalue weighted by atomic mass is 10.1. The van der Waals surface area contributed by atoms with E-state index in [9.17, 15) is 24.3 Å². The van der Waals surface area contributed by atoms with Crippen molar-refractivity contribution in [2.24, 2.45) is 0 Å². The van der Waals surface area contributed by atoms with Gasteiger partial charge in [-0.05, 0) is 23.3 Å². The smallest absolute Gasteiger partial charge is 0.327 e. The lowest BCUT2D eigenvalue weighted by molar-refractivity contribution is -0.140. The van der Waals surface area contributed by atoms with Gasteiger partial charge in [0.25, 0.3) is 17.7 Å². The Balaban J connectivity index is 1.63. The fourth-order valence-corrected chi connectivity index (χ4v) is 4.20. The summed E-state index contributed by atoms with van der Waals surface area (Å²) in [6.45, 7) is 0. The van der Waals surface area contributed by atoms with Gasteiger partial charge in [-0.15, -0.1) is 0 Å². The average molecular weight is 374 g/mol. The Kier molecular flexibility index (Phi) is 3.30. The number of benzene rings is 2. The summed E-state index contributed by atoms with van der Waals surface area (Å²) in [5.41, 5.74) is 2.47. The Bertz CT molecular complexity index is 1080. The van der Waals surface area contributed by atoms with Crippen LogP contribution in [0.5, 0.6) is 0 Å². The lowest BCUT2D eigenvalue weighted by Gasteiger charge is -2.29. The molecule has 1 N–H and O–H groups in total. The molecule has 2 aromatic carbocycles. The molecule has 3 amide bonds. The Hall–Kier alpha value is -3.74. The molecule has 7 heteroatoms. The highest BCUT2D eigenvalue weighted by Crippen LogP contribution is 2.40. The van der Waals surface area contributed by atoms with Crippen molar-refractivity contribution in [3.63, 3.8) is 0 Å². The summed E-state index contributed by atoms with van der Waals surface area (Å²) in [5.74, 6) is -2.83. The van der Waals surface area contributed by atoms with E-state index in [2.05, 4.69) is 0 Å². The predicted molar refractivity (Wildman–Crippen MR) is 98.8 cm³/mol. The molecule has 3 heterocycles. The van der Waals surface area contributed by atoms with Crippen molar-refractivity contribution in [1.82, 2.24) is 4.90 Å². The van der Waals surface area contributed by atoms with E-state index in [0.29, 0.717) is 11.3 Å². The van der Waals surface area contributed by atoms with Crippen molar-refractivity contribution in [2.45, 2.75) is 18.5 Å². The minimum Gasteiger partial charge on any atom is -0.480 e. The molecular formula is C21H14N2O5. The van der Waals surface area contributed by atoms with Crippen molar-refractivity contribution in [2.75, 3.05) is 4.90 Å². The van der Waals surface area contributed by atoms with Crippen molar-refractivity contribution in [3.05, 3.63) is 70.8 Å². The zero-order valence-electron chi connectivity index (χ0n) is 14.5. The van der Waals surface area contributed by atoms with Gasteiger partial charge in [-0.2, -0.15) is 0 Å². The number of amides is 3. The number of hydrogen-bond donors (Lipinski definition) is 1. The van der Waals surface area contributed by atoms with E-state index in [-0.39, 0.29) is 17.5 Å². The fraction of sp³-hybridized carbons (Fsp3) is 0.143. The molecule has 3 aliphatic rings. The first kappa shape index (κ1) is 16.4. The lowest BCUT2D eigenvalue weighted by Crippen LogP contribution is -2.53. The molecule has 5 rings (SSSR count). The molecule has 0 bridgehead atoms. The highest BCUT2D eigenvalue weighted by atomic mass is 16.4. The second-order valence-corrected chi connectivity index (χ2v) is 6.95. The number of rotatable bonds is 2. The summed E-state index contributed by atoms with van der Waals surface area (Å²) in [6.07, 6.45) is 3.36. The maximum Gasteiger partial charge on any atom is 0.327 e. The van der Waals surface area contributed by atoms with Gasteiger partial charge in [-0.1, -0.05) is 42.5 Å². The van der Waals surface area contributed by atoms with Crippen molar-refractivity contribution in [3.8, 4) is 0 Å². The Morgan fingerprint density at radius 1 is 0.929 bits per heavy atom. The second kappa shape index (κ2) is 5.63. The highest BCUT2D eigenvalue weighted by molar-refractivity contribution is 6.24. The molecule has 0 saturated heterocycles. The molecule has 0 unspecified atom stereocenters. The van der Waals surface area contributed by atoms with Gasteiger partial charge in [0.1, 0.15) is 12.1 Å². The molecule has 0 fully saturated rings. The minimum atomic E-state index is -1.20. The van der Waals surface area contributed by atoms with Crippen LogP contribution in [-0.4, -0.2) is 45.8 Å². The predicted octanol–water partition coefficient (Wildman–Crippen LogP) is 1.72. The number of carboxylic acid groups (broad SMARTS) is 1. The van der Waals surface area contributed by atoms with Crippen LogP contribution in [0.1, 0.15) is 31.8 Å². The SMILES string of the molecule is O=C(O)[C@@H]1Cc2cccc3c2N1C(=O)[C@@H](N1C(=O)c2ccccc2C1=O)C=C3. The Labute approximate surface area is 159 Å². The first-order chi connectivity index (χ1) is 13.5.